The number of phenols is 1. The van der Waals surface area contributed by atoms with Crippen LogP contribution in [0.3, 0.4) is 0 Å². The molecule has 1 saturated heterocycles. The maximum absolute atomic E-state index is 11.3. The van der Waals surface area contributed by atoms with Crippen molar-refractivity contribution in [2.45, 2.75) is 64.1 Å². The van der Waals surface area contributed by atoms with Gasteiger partial charge in [-0.2, -0.15) is 0 Å². The molecule has 3 unspecified atom stereocenters. The number of nitrogens with zero attached hydrogens (tertiary/aromatic N) is 2. The van der Waals surface area contributed by atoms with Gasteiger partial charge in [-0.3, -0.25) is 9.69 Å². The number of hydrogen-bond donors (Lipinski definition) is 3. The number of nitrogens with two attached hydrogens (primary N) is 1. The van der Waals surface area contributed by atoms with Crippen molar-refractivity contribution in [3.8, 4) is 5.75 Å². The highest BCUT2D eigenvalue weighted by Gasteiger charge is 2.31. The Morgan fingerprint density at radius 3 is 2.81 bits per heavy atom. The summed E-state index contributed by atoms with van der Waals surface area (Å²) in [6.07, 6.45) is 3.32. The number of hydrogen-bond acceptors (Lipinski definition) is 5. The van der Waals surface area contributed by atoms with Gasteiger partial charge in [0.15, 0.2) is 0 Å². The quantitative estimate of drug-likeness (QED) is 0.625. The van der Waals surface area contributed by atoms with Gasteiger partial charge in [0, 0.05) is 49.9 Å². The fourth-order valence-electron chi connectivity index (χ4n) is 3.92. The van der Waals surface area contributed by atoms with Crippen LogP contribution in [0.5, 0.6) is 5.75 Å². The van der Waals surface area contributed by atoms with E-state index in [4.69, 9.17) is 5.73 Å². The molecule has 1 heterocycles. The number of rotatable bonds is 9. The molecule has 1 aromatic carbocycles. The van der Waals surface area contributed by atoms with E-state index < -0.39 is 0 Å². The van der Waals surface area contributed by atoms with Gasteiger partial charge >= 0.3 is 0 Å². The predicted molar refractivity (Wildman–Crippen MR) is 104 cm³/mol. The summed E-state index contributed by atoms with van der Waals surface area (Å²) >= 11 is 0. The molecular weight excluding hydrogens is 330 g/mol. The molecule has 3 atom stereocenters. The van der Waals surface area contributed by atoms with Gasteiger partial charge in [-0.25, -0.2) is 0 Å². The first-order chi connectivity index (χ1) is 12.4. The maximum Gasteiger partial charge on any atom is 0.217 e. The predicted octanol–water partition coefficient (Wildman–Crippen LogP) is 2.09. The van der Waals surface area contributed by atoms with Crippen LogP contribution in [0.1, 0.15) is 46.0 Å². The minimum atomic E-state index is -0.282. The van der Waals surface area contributed by atoms with Crippen LogP contribution in [0.4, 0.5) is 5.69 Å². The SMILES string of the molecule is CCCC(O)CC(C)N1CCN(c2cccc(O)c2)CC1CCC(N)=O. The summed E-state index contributed by atoms with van der Waals surface area (Å²) in [6, 6.07) is 7.73. The number of anilines is 1. The van der Waals surface area contributed by atoms with Crippen LogP contribution in [0.25, 0.3) is 0 Å². The summed E-state index contributed by atoms with van der Waals surface area (Å²) in [4.78, 5) is 15.9. The number of benzene rings is 1. The van der Waals surface area contributed by atoms with Gasteiger partial charge in [-0.15, -0.1) is 0 Å². The standard InChI is InChI=1S/C20H33N3O3/c1-3-5-18(24)12-15(2)23-11-10-22(14-17(23)8-9-20(21)26)16-6-4-7-19(25)13-16/h4,6-7,13,15,17-18,24-25H,3,5,8-12,14H2,1-2H3,(H2,21,26). The number of phenolic OH excluding ortho intramolecular Hbond substituents is 1. The molecule has 0 bridgehead atoms. The highest BCUT2D eigenvalue weighted by molar-refractivity contribution is 5.73. The van der Waals surface area contributed by atoms with Crippen LogP contribution in [0.15, 0.2) is 24.3 Å². The van der Waals surface area contributed by atoms with E-state index in [1.54, 1.807) is 12.1 Å². The van der Waals surface area contributed by atoms with Gasteiger partial charge in [0.25, 0.3) is 0 Å². The summed E-state index contributed by atoms with van der Waals surface area (Å²) in [5, 5.41) is 19.9. The Morgan fingerprint density at radius 2 is 2.15 bits per heavy atom. The fourth-order valence-corrected chi connectivity index (χ4v) is 3.92. The van der Waals surface area contributed by atoms with E-state index >= 15 is 0 Å². The molecule has 0 radical (unpaired) electrons. The third-order valence-electron chi connectivity index (χ3n) is 5.25. The Hall–Kier alpha value is -1.79. The van der Waals surface area contributed by atoms with Crippen LogP contribution in [0.2, 0.25) is 0 Å². The molecule has 6 heteroatoms. The van der Waals surface area contributed by atoms with Gasteiger partial charge in [-0.05, 0) is 38.3 Å². The van der Waals surface area contributed by atoms with Gasteiger partial charge in [0.1, 0.15) is 5.75 Å². The Labute approximate surface area is 156 Å². The van der Waals surface area contributed by atoms with Crippen molar-refractivity contribution in [1.82, 2.24) is 4.90 Å². The lowest BCUT2D eigenvalue weighted by atomic mass is 9.99. The Kier molecular flexibility index (Phi) is 7.72. The number of aliphatic hydroxyl groups excluding tert-OH is 1. The van der Waals surface area contributed by atoms with Crippen molar-refractivity contribution >= 4 is 11.6 Å². The van der Waals surface area contributed by atoms with Crippen molar-refractivity contribution in [3.63, 3.8) is 0 Å². The molecule has 0 aliphatic carbocycles. The zero-order valence-corrected chi connectivity index (χ0v) is 16.0. The van der Waals surface area contributed by atoms with Crippen molar-refractivity contribution in [3.05, 3.63) is 24.3 Å². The number of carbonyl (C=O) groups is 1. The number of aliphatic hydroxyl groups is 1. The molecule has 0 spiro atoms. The largest absolute Gasteiger partial charge is 0.508 e. The fraction of sp³-hybridized carbons (Fsp3) is 0.650. The van der Waals surface area contributed by atoms with Gasteiger partial charge in [-0.1, -0.05) is 19.4 Å². The minimum Gasteiger partial charge on any atom is -0.508 e. The molecule has 1 fully saturated rings. The van der Waals surface area contributed by atoms with Crippen LogP contribution in [-0.2, 0) is 4.79 Å². The van der Waals surface area contributed by atoms with Crippen LogP contribution in [0, 0.1) is 0 Å². The topological polar surface area (TPSA) is 90.0 Å². The normalized spacial score (nSPS) is 20.7. The lowest BCUT2D eigenvalue weighted by molar-refractivity contribution is -0.118. The average Bonchev–Trinajstić information content (AvgIpc) is 2.59. The molecule has 26 heavy (non-hydrogen) atoms. The molecule has 6 nitrogen and oxygen atoms in total. The zero-order chi connectivity index (χ0) is 19.1. The van der Waals surface area contributed by atoms with E-state index in [0.29, 0.717) is 12.8 Å². The second kappa shape index (κ2) is 9.78. The van der Waals surface area contributed by atoms with E-state index in [1.807, 2.05) is 12.1 Å². The number of aromatic hydroxyl groups is 1. The lowest BCUT2D eigenvalue weighted by Crippen LogP contribution is -2.56. The Balaban J connectivity index is 2.07. The molecule has 1 aromatic rings. The molecular formula is C20H33N3O3. The number of carbonyl (C=O) groups excluding carboxylic acids is 1. The number of amides is 1. The molecule has 1 aliphatic heterocycles. The molecule has 1 amide bonds. The van der Waals surface area contributed by atoms with Gasteiger partial charge in [0.05, 0.1) is 6.10 Å². The van der Waals surface area contributed by atoms with E-state index in [2.05, 4.69) is 23.6 Å². The van der Waals surface area contributed by atoms with Gasteiger partial charge in [0.2, 0.25) is 5.91 Å². The van der Waals surface area contributed by atoms with E-state index in [-0.39, 0.29) is 29.8 Å². The van der Waals surface area contributed by atoms with Crippen molar-refractivity contribution in [2.24, 2.45) is 5.73 Å². The van der Waals surface area contributed by atoms with Crippen molar-refractivity contribution in [2.75, 3.05) is 24.5 Å². The zero-order valence-electron chi connectivity index (χ0n) is 16.0. The second-order valence-electron chi connectivity index (χ2n) is 7.39. The maximum atomic E-state index is 11.3. The highest BCUT2D eigenvalue weighted by Crippen LogP contribution is 2.26. The molecule has 4 N–H and O–H groups in total. The third-order valence-corrected chi connectivity index (χ3v) is 5.25. The molecule has 1 aliphatic rings. The smallest absolute Gasteiger partial charge is 0.217 e. The Bertz CT molecular complexity index is 581. The van der Waals surface area contributed by atoms with E-state index in [0.717, 1.165) is 44.6 Å². The van der Waals surface area contributed by atoms with Gasteiger partial charge < -0.3 is 20.8 Å². The first-order valence-electron chi connectivity index (χ1n) is 9.66. The average molecular weight is 364 g/mol. The molecule has 0 aromatic heterocycles. The van der Waals surface area contributed by atoms with E-state index in [1.165, 1.54) is 0 Å². The third kappa shape index (κ3) is 5.88. The highest BCUT2D eigenvalue weighted by atomic mass is 16.3. The first-order valence-corrected chi connectivity index (χ1v) is 9.66. The van der Waals surface area contributed by atoms with Crippen molar-refractivity contribution in [1.29, 1.82) is 0 Å². The summed E-state index contributed by atoms with van der Waals surface area (Å²) < 4.78 is 0. The summed E-state index contributed by atoms with van der Waals surface area (Å²) in [5.41, 5.74) is 6.37. The molecule has 146 valence electrons. The van der Waals surface area contributed by atoms with Crippen LogP contribution < -0.4 is 10.6 Å². The summed E-state index contributed by atoms with van der Waals surface area (Å²) in [5.74, 6) is -0.0206. The van der Waals surface area contributed by atoms with Crippen LogP contribution >= 0.6 is 0 Å². The monoisotopic (exact) mass is 363 g/mol. The minimum absolute atomic E-state index is 0.197. The van der Waals surface area contributed by atoms with Crippen molar-refractivity contribution < 1.29 is 15.0 Å². The lowest BCUT2D eigenvalue weighted by Gasteiger charge is -2.45. The molecule has 0 saturated carbocycles. The first kappa shape index (κ1) is 20.5. The number of primary amides is 1. The van der Waals surface area contributed by atoms with E-state index in [9.17, 15) is 15.0 Å². The van der Waals surface area contributed by atoms with Crippen LogP contribution in [-0.4, -0.2) is 58.8 Å². The second-order valence-corrected chi connectivity index (χ2v) is 7.39. The number of piperazine rings is 1. The summed E-state index contributed by atoms with van der Waals surface area (Å²) in [7, 11) is 0. The summed E-state index contributed by atoms with van der Waals surface area (Å²) in [6.45, 7) is 6.73. The molecule has 2 rings (SSSR count). The Morgan fingerprint density at radius 1 is 1.38 bits per heavy atom.